The Hall–Kier alpha value is -1.02. The Morgan fingerprint density at radius 1 is 1.00 bits per heavy atom. The maximum absolute atomic E-state index is 10.6. The summed E-state index contributed by atoms with van der Waals surface area (Å²) in [4.78, 5) is 2.35. The van der Waals surface area contributed by atoms with Crippen LogP contribution < -0.4 is 0 Å². The highest BCUT2D eigenvalue weighted by atomic mass is 16.3. The number of hydrogen-bond acceptors (Lipinski definition) is 2. The number of phenolic OH excluding ortho intramolecular Hbond substituents is 1. The molecule has 0 aliphatic carbocycles. The molecule has 2 unspecified atom stereocenters. The zero-order chi connectivity index (χ0) is 16.0. The van der Waals surface area contributed by atoms with Crippen molar-refractivity contribution in [1.29, 1.82) is 0 Å². The smallest absolute Gasteiger partial charge is 0.122 e. The molecular weight excluding hydrogens is 258 g/mol. The normalized spacial score (nSPS) is 14.4. The molecule has 0 heterocycles. The molecule has 21 heavy (non-hydrogen) atoms. The van der Waals surface area contributed by atoms with Crippen molar-refractivity contribution in [2.24, 2.45) is 0 Å². The minimum absolute atomic E-state index is 0.407. The van der Waals surface area contributed by atoms with Crippen LogP contribution in [0.2, 0.25) is 0 Å². The van der Waals surface area contributed by atoms with E-state index in [0.717, 1.165) is 37.1 Å². The summed E-state index contributed by atoms with van der Waals surface area (Å²) in [5.74, 6) is 1.34. The summed E-state index contributed by atoms with van der Waals surface area (Å²) >= 11 is 0. The predicted octanol–water partition coefficient (Wildman–Crippen LogP) is 5.26. The highest BCUT2D eigenvalue weighted by Gasteiger charge is 2.18. The number of phenols is 1. The summed E-state index contributed by atoms with van der Waals surface area (Å²) < 4.78 is 0. The van der Waals surface area contributed by atoms with Gasteiger partial charge in [0.05, 0.1) is 0 Å². The van der Waals surface area contributed by atoms with Gasteiger partial charge in [0.25, 0.3) is 0 Å². The molecule has 0 aromatic heterocycles. The lowest BCUT2D eigenvalue weighted by Gasteiger charge is -2.22. The van der Waals surface area contributed by atoms with Gasteiger partial charge in [-0.05, 0) is 61.4 Å². The van der Waals surface area contributed by atoms with E-state index >= 15 is 0 Å². The molecule has 0 saturated carbocycles. The van der Waals surface area contributed by atoms with Crippen molar-refractivity contribution >= 4 is 0 Å². The van der Waals surface area contributed by atoms with Crippen LogP contribution in [0.5, 0.6) is 5.75 Å². The van der Waals surface area contributed by atoms with Gasteiger partial charge in [0.1, 0.15) is 5.75 Å². The fourth-order valence-electron chi connectivity index (χ4n) is 2.80. The highest BCUT2D eigenvalue weighted by Crippen LogP contribution is 2.37. The topological polar surface area (TPSA) is 23.5 Å². The number of rotatable bonds is 8. The van der Waals surface area contributed by atoms with E-state index in [2.05, 4.69) is 58.7 Å². The summed E-state index contributed by atoms with van der Waals surface area (Å²) in [6.45, 7) is 13.1. The first kappa shape index (κ1) is 18.0. The summed E-state index contributed by atoms with van der Waals surface area (Å²) in [5, 5.41) is 10.6. The van der Waals surface area contributed by atoms with E-state index in [1.807, 2.05) is 0 Å². The van der Waals surface area contributed by atoms with Crippen molar-refractivity contribution in [3.05, 3.63) is 28.8 Å². The number of aromatic hydroxyl groups is 1. The summed E-state index contributed by atoms with van der Waals surface area (Å²) in [6.07, 6.45) is 3.29. The van der Waals surface area contributed by atoms with E-state index in [-0.39, 0.29) is 0 Å². The van der Waals surface area contributed by atoms with Crippen LogP contribution in [0, 0.1) is 0 Å². The Morgan fingerprint density at radius 3 is 1.86 bits per heavy atom. The first-order valence-corrected chi connectivity index (χ1v) is 8.48. The zero-order valence-electron chi connectivity index (χ0n) is 14.7. The first-order valence-electron chi connectivity index (χ1n) is 8.48. The lowest BCUT2D eigenvalue weighted by atomic mass is 9.88. The van der Waals surface area contributed by atoms with Gasteiger partial charge in [-0.2, -0.15) is 0 Å². The average molecular weight is 291 g/mol. The van der Waals surface area contributed by atoms with Gasteiger partial charge in [-0.15, -0.1) is 0 Å². The molecule has 1 rings (SSSR count). The molecule has 1 aromatic rings. The molecule has 0 radical (unpaired) electrons. The summed E-state index contributed by atoms with van der Waals surface area (Å²) in [7, 11) is 2.17. The largest absolute Gasteiger partial charge is 0.507 e. The molecule has 0 saturated heterocycles. The zero-order valence-corrected chi connectivity index (χ0v) is 14.7. The van der Waals surface area contributed by atoms with Gasteiger partial charge < -0.3 is 10.0 Å². The predicted molar refractivity (Wildman–Crippen MR) is 92.1 cm³/mol. The fourth-order valence-corrected chi connectivity index (χ4v) is 2.80. The van der Waals surface area contributed by atoms with Crippen molar-refractivity contribution in [2.45, 2.75) is 72.3 Å². The Labute approximate surface area is 131 Å². The van der Waals surface area contributed by atoms with Crippen LogP contribution in [-0.4, -0.2) is 23.6 Å². The monoisotopic (exact) mass is 291 g/mol. The minimum Gasteiger partial charge on any atom is -0.507 e. The van der Waals surface area contributed by atoms with E-state index in [0.29, 0.717) is 17.6 Å². The van der Waals surface area contributed by atoms with Crippen molar-refractivity contribution < 1.29 is 5.11 Å². The molecule has 2 atom stereocenters. The number of benzene rings is 1. The third kappa shape index (κ3) is 4.74. The molecule has 0 amide bonds. The van der Waals surface area contributed by atoms with Gasteiger partial charge in [-0.1, -0.05) is 46.8 Å². The molecule has 1 aromatic carbocycles. The van der Waals surface area contributed by atoms with Gasteiger partial charge in [-0.3, -0.25) is 0 Å². The maximum atomic E-state index is 10.6. The molecule has 120 valence electrons. The maximum Gasteiger partial charge on any atom is 0.122 e. The van der Waals surface area contributed by atoms with Gasteiger partial charge in [0.15, 0.2) is 0 Å². The number of nitrogens with zero attached hydrogens (tertiary/aromatic N) is 1. The van der Waals surface area contributed by atoms with E-state index in [1.165, 1.54) is 12.0 Å². The third-order valence-electron chi connectivity index (χ3n) is 4.57. The second-order valence-corrected chi connectivity index (χ2v) is 6.48. The second kappa shape index (κ2) is 8.43. The van der Waals surface area contributed by atoms with Crippen molar-refractivity contribution in [2.75, 3.05) is 13.6 Å². The molecule has 0 spiro atoms. The van der Waals surface area contributed by atoms with Gasteiger partial charge >= 0.3 is 0 Å². The Bertz CT molecular complexity index is 410. The van der Waals surface area contributed by atoms with E-state index in [4.69, 9.17) is 0 Å². The second-order valence-electron chi connectivity index (χ2n) is 6.48. The molecule has 1 N–H and O–H groups in total. The van der Waals surface area contributed by atoms with E-state index < -0.39 is 0 Å². The van der Waals surface area contributed by atoms with Crippen LogP contribution >= 0.6 is 0 Å². The lowest BCUT2D eigenvalue weighted by Crippen LogP contribution is -2.19. The van der Waals surface area contributed by atoms with Crippen LogP contribution in [0.3, 0.4) is 0 Å². The highest BCUT2D eigenvalue weighted by molar-refractivity contribution is 5.47. The molecule has 2 heteroatoms. The Morgan fingerprint density at radius 2 is 1.48 bits per heavy atom. The van der Waals surface area contributed by atoms with Crippen LogP contribution in [0.4, 0.5) is 0 Å². The molecule has 0 bridgehead atoms. The summed E-state index contributed by atoms with van der Waals surface area (Å²) in [5.41, 5.74) is 3.57. The molecule has 0 aliphatic rings. The molecule has 2 nitrogen and oxygen atoms in total. The van der Waals surface area contributed by atoms with E-state index in [9.17, 15) is 5.11 Å². The number of hydrogen-bond donors (Lipinski definition) is 1. The van der Waals surface area contributed by atoms with Gasteiger partial charge in [-0.25, -0.2) is 0 Å². The van der Waals surface area contributed by atoms with Crippen LogP contribution in [0.15, 0.2) is 12.1 Å². The Kier molecular flexibility index (Phi) is 7.24. The van der Waals surface area contributed by atoms with Crippen molar-refractivity contribution in [1.82, 2.24) is 4.90 Å². The minimum atomic E-state index is 0.407. The molecule has 0 aliphatic heterocycles. The standard InChI is InChI=1S/C19H33NO/c1-7-10-20(6)13-16-11-17(14(4)8-2)19(21)18(12-16)15(5)9-3/h11-12,14-15,21H,7-10,13H2,1-6H3. The quantitative estimate of drug-likeness (QED) is 0.706. The third-order valence-corrected chi connectivity index (χ3v) is 4.57. The Balaban J connectivity index is 3.19. The van der Waals surface area contributed by atoms with Crippen molar-refractivity contribution in [3.8, 4) is 5.75 Å². The van der Waals surface area contributed by atoms with Crippen LogP contribution in [-0.2, 0) is 6.54 Å². The lowest BCUT2D eigenvalue weighted by molar-refractivity contribution is 0.327. The SMILES string of the molecule is CCCN(C)Cc1cc(C(C)CC)c(O)c(C(C)CC)c1. The summed E-state index contributed by atoms with van der Waals surface area (Å²) in [6, 6.07) is 4.42. The van der Waals surface area contributed by atoms with Crippen LogP contribution in [0.25, 0.3) is 0 Å². The van der Waals surface area contributed by atoms with Crippen LogP contribution in [0.1, 0.15) is 82.4 Å². The van der Waals surface area contributed by atoms with Gasteiger partial charge in [0.2, 0.25) is 0 Å². The van der Waals surface area contributed by atoms with Gasteiger partial charge in [0, 0.05) is 6.54 Å². The van der Waals surface area contributed by atoms with E-state index in [1.54, 1.807) is 0 Å². The molecule has 0 fully saturated rings. The molecular formula is C19H33NO. The van der Waals surface area contributed by atoms with Crippen molar-refractivity contribution in [3.63, 3.8) is 0 Å². The first-order chi connectivity index (χ1) is 9.94. The average Bonchev–Trinajstić information content (AvgIpc) is 2.47. The fraction of sp³-hybridized carbons (Fsp3) is 0.684.